The third-order valence-corrected chi connectivity index (χ3v) is 4.78. The summed E-state index contributed by atoms with van der Waals surface area (Å²) < 4.78 is 0. The van der Waals surface area contributed by atoms with E-state index in [0.29, 0.717) is 17.7 Å². The number of carbonyl (C=O) groups excluding carboxylic acids is 2. The Morgan fingerprint density at radius 2 is 1.85 bits per heavy atom. The lowest BCUT2D eigenvalue weighted by molar-refractivity contribution is -0.127. The number of hydrogen-bond donors (Lipinski definition) is 3. The molecule has 0 spiro atoms. The van der Waals surface area contributed by atoms with E-state index in [2.05, 4.69) is 5.32 Å². The summed E-state index contributed by atoms with van der Waals surface area (Å²) >= 11 is 0.911. The lowest BCUT2D eigenvalue weighted by atomic mass is 9.85. The number of rotatable bonds is 5. The molecule has 1 aliphatic rings. The van der Waals surface area contributed by atoms with Gasteiger partial charge in [0.1, 0.15) is 4.88 Å². The summed E-state index contributed by atoms with van der Waals surface area (Å²) in [5, 5.41) is 11.5. The lowest BCUT2D eigenvalue weighted by Crippen LogP contribution is -2.44. The van der Waals surface area contributed by atoms with Gasteiger partial charge < -0.3 is 16.2 Å². The maximum absolute atomic E-state index is 12.0. The van der Waals surface area contributed by atoms with Crippen LogP contribution in [-0.4, -0.2) is 29.4 Å². The Bertz CT molecular complexity index is 546. The van der Waals surface area contributed by atoms with Gasteiger partial charge in [-0.05, 0) is 25.0 Å². The minimum Gasteiger partial charge on any atom is -0.477 e. The lowest BCUT2D eigenvalue weighted by Gasteiger charge is -2.25. The van der Waals surface area contributed by atoms with E-state index in [1.165, 1.54) is 12.1 Å². The van der Waals surface area contributed by atoms with Gasteiger partial charge in [-0.15, -0.1) is 11.3 Å². The van der Waals surface area contributed by atoms with Crippen molar-refractivity contribution >= 4 is 29.1 Å². The zero-order valence-corrected chi connectivity index (χ0v) is 11.7. The summed E-state index contributed by atoms with van der Waals surface area (Å²) in [7, 11) is 0. The molecule has 1 aliphatic carbocycles. The minimum atomic E-state index is -1.06. The second-order valence-corrected chi connectivity index (χ2v) is 6.09. The van der Waals surface area contributed by atoms with Gasteiger partial charge in [-0.1, -0.05) is 12.8 Å². The predicted octanol–water partition coefficient (Wildman–Crippen LogP) is 1.22. The van der Waals surface area contributed by atoms with Crippen LogP contribution in [0.2, 0.25) is 0 Å². The number of nitrogens with one attached hydrogen (secondary N) is 1. The number of carboxylic acids is 1. The molecule has 4 N–H and O–H groups in total. The number of amides is 2. The van der Waals surface area contributed by atoms with Crippen LogP contribution in [0.25, 0.3) is 0 Å². The zero-order valence-electron chi connectivity index (χ0n) is 10.8. The standard InChI is InChI=1S/C13H16N2O4S/c14-12(19)13(5-1-2-6-13)7-15-10(16)8-3-4-9(20-8)11(17)18/h3-4H,1-2,5-7H2,(H2,14,19)(H,15,16)(H,17,18). The van der Waals surface area contributed by atoms with E-state index in [9.17, 15) is 14.4 Å². The molecule has 1 saturated carbocycles. The molecule has 2 amide bonds. The molecule has 0 atom stereocenters. The molecule has 0 aromatic carbocycles. The van der Waals surface area contributed by atoms with Gasteiger partial charge in [0.25, 0.3) is 5.91 Å². The first kappa shape index (κ1) is 14.5. The minimum absolute atomic E-state index is 0.112. The third-order valence-electron chi connectivity index (χ3n) is 3.71. The van der Waals surface area contributed by atoms with Crippen LogP contribution in [0, 0.1) is 5.41 Å². The molecule has 0 radical (unpaired) electrons. The van der Waals surface area contributed by atoms with Gasteiger partial charge >= 0.3 is 5.97 Å². The maximum Gasteiger partial charge on any atom is 0.345 e. The first-order chi connectivity index (χ1) is 9.44. The van der Waals surface area contributed by atoms with E-state index in [-0.39, 0.29) is 23.2 Å². The van der Waals surface area contributed by atoms with Crippen LogP contribution in [0.3, 0.4) is 0 Å². The molecule has 0 saturated heterocycles. The molecule has 0 bridgehead atoms. The second kappa shape index (κ2) is 5.62. The quantitative estimate of drug-likeness (QED) is 0.758. The fourth-order valence-electron chi connectivity index (χ4n) is 2.47. The summed E-state index contributed by atoms with van der Waals surface area (Å²) in [4.78, 5) is 34.7. The fraction of sp³-hybridized carbons (Fsp3) is 0.462. The van der Waals surface area contributed by atoms with E-state index in [1.54, 1.807) is 0 Å². The molecular weight excluding hydrogens is 280 g/mol. The van der Waals surface area contributed by atoms with Crippen molar-refractivity contribution in [2.45, 2.75) is 25.7 Å². The van der Waals surface area contributed by atoms with Crippen LogP contribution < -0.4 is 11.1 Å². The Morgan fingerprint density at radius 1 is 1.25 bits per heavy atom. The summed E-state index contributed by atoms with van der Waals surface area (Å²) in [5.74, 6) is -1.80. The molecule has 0 aliphatic heterocycles. The van der Waals surface area contributed by atoms with Gasteiger partial charge in [-0.3, -0.25) is 9.59 Å². The second-order valence-electron chi connectivity index (χ2n) is 5.00. The van der Waals surface area contributed by atoms with Crippen molar-refractivity contribution in [3.05, 3.63) is 21.9 Å². The molecule has 1 aromatic heterocycles. The highest BCUT2D eigenvalue weighted by Crippen LogP contribution is 2.37. The normalized spacial score (nSPS) is 16.8. The number of nitrogens with two attached hydrogens (primary N) is 1. The molecule has 1 fully saturated rings. The highest BCUT2D eigenvalue weighted by Gasteiger charge is 2.39. The van der Waals surface area contributed by atoms with Crippen LogP contribution in [-0.2, 0) is 4.79 Å². The average molecular weight is 296 g/mol. The average Bonchev–Trinajstić information content (AvgIpc) is 3.06. The van der Waals surface area contributed by atoms with Gasteiger partial charge in [0.15, 0.2) is 0 Å². The monoisotopic (exact) mass is 296 g/mol. The largest absolute Gasteiger partial charge is 0.477 e. The first-order valence-corrected chi connectivity index (χ1v) is 7.17. The van der Waals surface area contributed by atoms with Crippen LogP contribution in [0.4, 0.5) is 0 Å². The number of hydrogen-bond acceptors (Lipinski definition) is 4. The highest BCUT2D eigenvalue weighted by molar-refractivity contribution is 7.15. The van der Waals surface area contributed by atoms with Crippen molar-refractivity contribution in [3.8, 4) is 0 Å². The molecule has 2 rings (SSSR count). The third kappa shape index (κ3) is 2.82. The zero-order chi connectivity index (χ0) is 14.8. The van der Waals surface area contributed by atoms with Crippen molar-refractivity contribution in [3.63, 3.8) is 0 Å². The van der Waals surface area contributed by atoms with Crippen LogP contribution >= 0.6 is 11.3 Å². The summed E-state index contributed by atoms with van der Waals surface area (Å²) in [5.41, 5.74) is 4.79. The summed E-state index contributed by atoms with van der Waals surface area (Å²) in [6.45, 7) is 0.210. The van der Waals surface area contributed by atoms with Crippen molar-refractivity contribution in [1.29, 1.82) is 0 Å². The Labute approximate surface area is 120 Å². The number of primary amides is 1. The Kier molecular flexibility index (Phi) is 4.08. The molecule has 1 aromatic rings. The Morgan fingerprint density at radius 3 is 2.35 bits per heavy atom. The molecule has 7 heteroatoms. The van der Waals surface area contributed by atoms with Gasteiger partial charge in [0, 0.05) is 6.54 Å². The SMILES string of the molecule is NC(=O)C1(CNC(=O)c2ccc(C(=O)O)s2)CCCC1. The predicted molar refractivity (Wildman–Crippen MR) is 73.7 cm³/mol. The van der Waals surface area contributed by atoms with Crippen LogP contribution in [0.1, 0.15) is 45.0 Å². The van der Waals surface area contributed by atoms with Crippen molar-refractivity contribution in [2.24, 2.45) is 11.1 Å². The van der Waals surface area contributed by atoms with Crippen molar-refractivity contribution in [2.75, 3.05) is 6.54 Å². The summed E-state index contributed by atoms with van der Waals surface area (Å²) in [6.07, 6.45) is 3.24. The highest BCUT2D eigenvalue weighted by atomic mass is 32.1. The molecular formula is C13H16N2O4S. The molecule has 0 unspecified atom stereocenters. The topological polar surface area (TPSA) is 109 Å². The van der Waals surface area contributed by atoms with Gasteiger partial charge in [0.05, 0.1) is 10.3 Å². The van der Waals surface area contributed by atoms with Crippen molar-refractivity contribution < 1.29 is 19.5 Å². The van der Waals surface area contributed by atoms with E-state index in [1.807, 2.05) is 0 Å². The van der Waals surface area contributed by atoms with Gasteiger partial charge in [0.2, 0.25) is 5.91 Å². The van der Waals surface area contributed by atoms with E-state index < -0.39 is 11.4 Å². The fourth-order valence-corrected chi connectivity index (χ4v) is 3.23. The van der Waals surface area contributed by atoms with Crippen molar-refractivity contribution in [1.82, 2.24) is 5.32 Å². The van der Waals surface area contributed by atoms with E-state index in [0.717, 1.165) is 24.2 Å². The molecule has 108 valence electrons. The van der Waals surface area contributed by atoms with E-state index >= 15 is 0 Å². The van der Waals surface area contributed by atoms with Gasteiger partial charge in [-0.2, -0.15) is 0 Å². The number of thiophene rings is 1. The number of carboxylic acid groups (broad SMARTS) is 1. The van der Waals surface area contributed by atoms with Crippen LogP contribution in [0.15, 0.2) is 12.1 Å². The smallest absolute Gasteiger partial charge is 0.345 e. The molecule has 1 heterocycles. The summed E-state index contributed by atoms with van der Waals surface area (Å²) in [6, 6.07) is 2.86. The number of aromatic carboxylic acids is 1. The van der Waals surface area contributed by atoms with Gasteiger partial charge in [-0.25, -0.2) is 4.79 Å². The Balaban J connectivity index is 2.00. The first-order valence-electron chi connectivity index (χ1n) is 6.36. The number of carbonyl (C=O) groups is 3. The van der Waals surface area contributed by atoms with Crippen LogP contribution in [0.5, 0.6) is 0 Å². The maximum atomic E-state index is 12.0. The Hall–Kier alpha value is -1.89. The molecule has 20 heavy (non-hydrogen) atoms. The van der Waals surface area contributed by atoms with E-state index in [4.69, 9.17) is 10.8 Å². The molecule has 6 nitrogen and oxygen atoms in total.